The van der Waals surface area contributed by atoms with Crippen LogP contribution in [-0.4, -0.2) is 41.1 Å². The van der Waals surface area contributed by atoms with Gasteiger partial charge in [0.1, 0.15) is 0 Å². The summed E-state index contributed by atoms with van der Waals surface area (Å²) in [4.78, 5) is 7.34. The SMILES string of the molecule is CNc1nc2ccccc2n1C1CCN(CCc2ccccc2)CC1. The van der Waals surface area contributed by atoms with Crippen molar-refractivity contribution in [2.24, 2.45) is 0 Å². The second-order valence-electron chi connectivity index (χ2n) is 6.85. The molecule has 4 nitrogen and oxygen atoms in total. The summed E-state index contributed by atoms with van der Waals surface area (Å²) in [5, 5.41) is 3.28. The van der Waals surface area contributed by atoms with Gasteiger partial charge in [-0.15, -0.1) is 0 Å². The van der Waals surface area contributed by atoms with Crippen molar-refractivity contribution in [1.82, 2.24) is 14.5 Å². The van der Waals surface area contributed by atoms with Crippen molar-refractivity contribution in [3.05, 3.63) is 60.2 Å². The number of para-hydroxylation sites is 2. The maximum Gasteiger partial charge on any atom is 0.203 e. The molecule has 0 aliphatic carbocycles. The predicted octanol–water partition coefficient (Wildman–Crippen LogP) is 3.96. The Morgan fingerprint density at radius 3 is 2.48 bits per heavy atom. The van der Waals surface area contributed by atoms with E-state index in [0.717, 1.165) is 37.5 Å². The minimum Gasteiger partial charge on any atom is -0.359 e. The first kappa shape index (κ1) is 16.2. The fourth-order valence-electron chi connectivity index (χ4n) is 3.92. The first-order chi connectivity index (χ1) is 12.3. The van der Waals surface area contributed by atoms with Gasteiger partial charge in [0.15, 0.2) is 0 Å². The number of nitrogens with zero attached hydrogens (tertiary/aromatic N) is 3. The summed E-state index contributed by atoms with van der Waals surface area (Å²) in [5.41, 5.74) is 3.76. The third kappa shape index (κ3) is 3.40. The minimum atomic E-state index is 0.530. The summed E-state index contributed by atoms with van der Waals surface area (Å²) in [6, 6.07) is 19.8. The number of likely N-dealkylation sites (tertiary alicyclic amines) is 1. The quantitative estimate of drug-likeness (QED) is 0.767. The number of hydrogen-bond donors (Lipinski definition) is 1. The van der Waals surface area contributed by atoms with Gasteiger partial charge >= 0.3 is 0 Å². The first-order valence-corrected chi connectivity index (χ1v) is 9.26. The molecule has 1 aliphatic heterocycles. The van der Waals surface area contributed by atoms with E-state index in [1.165, 1.54) is 23.9 Å². The van der Waals surface area contributed by atoms with E-state index in [4.69, 9.17) is 4.98 Å². The highest BCUT2D eigenvalue weighted by Gasteiger charge is 2.24. The Morgan fingerprint density at radius 2 is 1.72 bits per heavy atom. The lowest BCUT2D eigenvalue weighted by molar-refractivity contribution is 0.191. The number of benzene rings is 2. The van der Waals surface area contributed by atoms with Crippen LogP contribution in [-0.2, 0) is 6.42 Å². The Labute approximate surface area is 149 Å². The van der Waals surface area contributed by atoms with Gasteiger partial charge in [-0.25, -0.2) is 4.98 Å². The number of piperidine rings is 1. The fourth-order valence-corrected chi connectivity index (χ4v) is 3.92. The largest absolute Gasteiger partial charge is 0.359 e. The summed E-state index contributed by atoms with van der Waals surface area (Å²) in [6.45, 7) is 3.47. The van der Waals surface area contributed by atoms with Crippen molar-refractivity contribution in [2.45, 2.75) is 25.3 Å². The first-order valence-electron chi connectivity index (χ1n) is 9.26. The lowest BCUT2D eigenvalue weighted by Crippen LogP contribution is -2.36. The summed E-state index contributed by atoms with van der Waals surface area (Å²) >= 11 is 0. The van der Waals surface area contributed by atoms with Crippen LogP contribution in [0.1, 0.15) is 24.4 Å². The number of aromatic nitrogens is 2. The van der Waals surface area contributed by atoms with Gasteiger partial charge in [-0.05, 0) is 37.0 Å². The van der Waals surface area contributed by atoms with Crippen molar-refractivity contribution < 1.29 is 0 Å². The molecule has 1 aromatic heterocycles. The minimum absolute atomic E-state index is 0.530. The second-order valence-corrected chi connectivity index (χ2v) is 6.85. The van der Waals surface area contributed by atoms with E-state index in [0.29, 0.717) is 6.04 Å². The Kier molecular flexibility index (Phi) is 4.70. The van der Waals surface area contributed by atoms with Gasteiger partial charge in [-0.2, -0.15) is 0 Å². The highest BCUT2D eigenvalue weighted by molar-refractivity contribution is 5.78. The molecule has 1 saturated heterocycles. The highest BCUT2D eigenvalue weighted by Crippen LogP contribution is 2.30. The molecule has 0 atom stereocenters. The van der Waals surface area contributed by atoms with Gasteiger partial charge in [0.25, 0.3) is 0 Å². The Hall–Kier alpha value is -2.33. The molecule has 0 bridgehead atoms. The number of nitrogens with one attached hydrogen (secondary N) is 1. The molecule has 4 heteroatoms. The Balaban J connectivity index is 1.42. The number of rotatable bonds is 5. The molecule has 1 aliphatic rings. The summed E-state index contributed by atoms with van der Waals surface area (Å²) in [5.74, 6) is 0.990. The van der Waals surface area contributed by atoms with Gasteiger partial charge in [0, 0.05) is 32.7 Å². The molecule has 4 rings (SSSR count). The molecule has 0 amide bonds. The van der Waals surface area contributed by atoms with E-state index in [9.17, 15) is 0 Å². The van der Waals surface area contributed by atoms with Crippen molar-refractivity contribution in [3.63, 3.8) is 0 Å². The standard InChI is InChI=1S/C21H26N4/c1-22-21-23-19-9-5-6-10-20(19)25(21)18-12-15-24(16-13-18)14-11-17-7-3-2-4-8-17/h2-10,18H,11-16H2,1H3,(H,22,23). The smallest absolute Gasteiger partial charge is 0.203 e. The average molecular weight is 334 g/mol. The van der Waals surface area contributed by atoms with Crippen molar-refractivity contribution in [2.75, 3.05) is 32.0 Å². The summed E-state index contributed by atoms with van der Waals surface area (Å²) in [6.07, 6.45) is 3.51. The maximum absolute atomic E-state index is 4.74. The third-order valence-corrected chi connectivity index (χ3v) is 5.30. The number of anilines is 1. The van der Waals surface area contributed by atoms with Gasteiger partial charge in [0.05, 0.1) is 11.0 Å². The maximum atomic E-state index is 4.74. The molecule has 0 spiro atoms. The van der Waals surface area contributed by atoms with Crippen LogP contribution in [0.5, 0.6) is 0 Å². The molecule has 2 aromatic carbocycles. The molecule has 130 valence electrons. The van der Waals surface area contributed by atoms with E-state index in [1.807, 2.05) is 7.05 Å². The lowest BCUT2D eigenvalue weighted by Gasteiger charge is -2.33. The number of fused-ring (bicyclic) bond motifs is 1. The van der Waals surface area contributed by atoms with Crippen molar-refractivity contribution in [1.29, 1.82) is 0 Å². The van der Waals surface area contributed by atoms with Crippen LogP contribution in [0.4, 0.5) is 5.95 Å². The molecular weight excluding hydrogens is 308 g/mol. The fraction of sp³-hybridized carbons (Fsp3) is 0.381. The average Bonchev–Trinajstić information content (AvgIpc) is 3.06. The lowest BCUT2D eigenvalue weighted by atomic mass is 10.0. The number of hydrogen-bond acceptors (Lipinski definition) is 3. The van der Waals surface area contributed by atoms with Crippen molar-refractivity contribution >= 4 is 17.0 Å². The predicted molar refractivity (Wildman–Crippen MR) is 104 cm³/mol. The molecule has 0 radical (unpaired) electrons. The van der Waals surface area contributed by atoms with Crippen molar-refractivity contribution in [3.8, 4) is 0 Å². The summed E-state index contributed by atoms with van der Waals surface area (Å²) in [7, 11) is 1.96. The van der Waals surface area contributed by atoms with E-state index in [-0.39, 0.29) is 0 Å². The van der Waals surface area contributed by atoms with Gasteiger partial charge in [0.2, 0.25) is 5.95 Å². The van der Waals surface area contributed by atoms with Gasteiger partial charge in [-0.1, -0.05) is 42.5 Å². The Bertz CT molecular complexity index is 816. The van der Waals surface area contributed by atoms with Gasteiger partial charge in [-0.3, -0.25) is 0 Å². The zero-order valence-electron chi connectivity index (χ0n) is 14.9. The van der Waals surface area contributed by atoms with Gasteiger partial charge < -0.3 is 14.8 Å². The molecule has 0 unspecified atom stereocenters. The topological polar surface area (TPSA) is 33.1 Å². The van der Waals surface area contributed by atoms with E-state index < -0.39 is 0 Å². The van der Waals surface area contributed by atoms with Crippen LogP contribution in [0.25, 0.3) is 11.0 Å². The van der Waals surface area contributed by atoms with Crippen LogP contribution in [0, 0.1) is 0 Å². The molecule has 2 heterocycles. The molecular formula is C21H26N4. The monoisotopic (exact) mass is 334 g/mol. The second kappa shape index (κ2) is 7.28. The van der Waals surface area contributed by atoms with Crippen LogP contribution in [0.15, 0.2) is 54.6 Å². The summed E-state index contributed by atoms with van der Waals surface area (Å²) < 4.78 is 2.41. The zero-order chi connectivity index (χ0) is 17.1. The zero-order valence-corrected chi connectivity index (χ0v) is 14.9. The van der Waals surface area contributed by atoms with E-state index in [2.05, 4.69) is 69.4 Å². The third-order valence-electron chi connectivity index (χ3n) is 5.30. The molecule has 0 saturated carbocycles. The van der Waals surface area contributed by atoms with Crippen LogP contribution in [0.3, 0.4) is 0 Å². The molecule has 25 heavy (non-hydrogen) atoms. The molecule has 1 fully saturated rings. The number of imidazole rings is 1. The van der Waals surface area contributed by atoms with E-state index in [1.54, 1.807) is 0 Å². The van der Waals surface area contributed by atoms with E-state index >= 15 is 0 Å². The van der Waals surface area contributed by atoms with Crippen LogP contribution >= 0.6 is 0 Å². The Morgan fingerprint density at radius 1 is 1.00 bits per heavy atom. The molecule has 1 N–H and O–H groups in total. The van der Waals surface area contributed by atoms with Crippen LogP contribution in [0.2, 0.25) is 0 Å². The van der Waals surface area contributed by atoms with Crippen LogP contribution < -0.4 is 5.32 Å². The highest BCUT2D eigenvalue weighted by atomic mass is 15.2. The molecule has 3 aromatic rings. The normalized spacial score (nSPS) is 16.4.